The minimum atomic E-state index is -4.09. The third-order valence-corrected chi connectivity index (χ3v) is 5.72. The van der Waals surface area contributed by atoms with Gasteiger partial charge in [0.1, 0.15) is 0 Å². The second-order valence-electron chi connectivity index (χ2n) is 2.71. The van der Waals surface area contributed by atoms with Crippen LogP contribution in [0.5, 0.6) is 0 Å². The Kier molecular flexibility index (Phi) is 2.63. The molecule has 0 radical (unpaired) electrons. The molecule has 0 aliphatic rings. The monoisotopic (exact) mass is 416 g/mol. The molecule has 0 aliphatic carbocycles. The second kappa shape index (κ2) is 3.51. The van der Waals surface area contributed by atoms with Crippen molar-refractivity contribution in [1.29, 1.82) is 0 Å². The summed E-state index contributed by atoms with van der Waals surface area (Å²) < 4.78 is 32.4. The first kappa shape index (κ1) is 10.5. The summed E-state index contributed by atoms with van der Waals surface area (Å²) in [6, 6.07) is 4.44. The van der Waals surface area contributed by atoms with Crippen molar-refractivity contribution in [2.75, 3.05) is 0 Å². The Morgan fingerprint density at radius 1 is 1.43 bits per heavy atom. The molecule has 1 N–H and O–H groups in total. The van der Waals surface area contributed by atoms with Gasteiger partial charge in [0, 0.05) is 0 Å². The zero-order valence-electron chi connectivity index (χ0n) is 6.97. The maximum absolute atomic E-state index is 10.8. The van der Waals surface area contributed by atoms with Crippen LogP contribution >= 0.6 is 11.3 Å². The van der Waals surface area contributed by atoms with Crippen molar-refractivity contribution in [2.24, 2.45) is 0 Å². The van der Waals surface area contributed by atoms with E-state index < -0.39 is 10.1 Å². The Hall–Kier alpha value is -0.0449. The van der Waals surface area contributed by atoms with E-state index in [0.29, 0.717) is 26.1 Å². The van der Waals surface area contributed by atoms with Gasteiger partial charge in [-0.05, 0) is 0 Å². The van der Waals surface area contributed by atoms with E-state index in [2.05, 4.69) is 4.98 Å². The zero-order chi connectivity index (χ0) is 10.3. The fraction of sp³-hybridized carbons (Fsp3) is 0. The van der Waals surface area contributed by atoms with Crippen LogP contribution in [0, 0.1) is 0 Å². The van der Waals surface area contributed by atoms with Gasteiger partial charge in [0.05, 0.1) is 0 Å². The van der Waals surface area contributed by atoms with Gasteiger partial charge in [0.2, 0.25) is 0 Å². The van der Waals surface area contributed by atoms with Gasteiger partial charge in [0.25, 0.3) is 0 Å². The first-order valence-corrected chi connectivity index (χ1v) is 8.67. The van der Waals surface area contributed by atoms with Crippen LogP contribution in [0.15, 0.2) is 23.1 Å². The minimum absolute atomic E-state index is 0.0676. The molecular formula is C7H4HgNO3S2. The molecule has 0 spiro atoms. The standard InChI is InChI=1S/C7H4NO3S2.Hg/c9-13(10,11)5-1-2-6-7(3-5)12-4-8-6;/h1-3H,(H,9,10,11);. The topological polar surface area (TPSA) is 67.3 Å². The first-order chi connectivity index (χ1) is 6.47. The summed E-state index contributed by atoms with van der Waals surface area (Å²) in [5, 5.41) is 0. The average molecular weight is 415 g/mol. The molecule has 0 saturated carbocycles. The van der Waals surface area contributed by atoms with Crippen LogP contribution in [0.25, 0.3) is 10.2 Å². The van der Waals surface area contributed by atoms with E-state index in [9.17, 15) is 8.42 Å². The molecule has 0 aliphatic heterocycles. The third kappa shape index (κ3) is 1.97. The van der Waals surface area contributed by atoms with Gasteiger partial charge < -0.3 is 0 Å². The summed E-state index contributed by atoms with van der Waals surface area (Å²) >= 11 is 1.93. The van der Waals surface area contributed by atoms with Gasteiger partial charge in [-0.2, -0.15) is 0 Å². The van der Waals surface area contributed by atoms with E-state index in [1.165, 1.54) is 23.5 Å². The summed E-state index contributed by atoms with van der Waals surface area (Å²) in [4.78, 5) is 4.20. The zero-order valence-corrected chi connectivity index (χ0v) is 14.1. The van der Waals surface area contributed by atoms with E-state index in [1.807, 2.05) is 0 Å². The number of fused-ring (bicyclic) bond motifs is 1. The third-order valence-electron chi connectivity index (χ3n) is 1.70. The quantitative estimate of drug-likeness (QED) is 0.551. The summed E-state index contributed by atoms with van der Waals surface area (Å²) in [5.74, 6) is 0. The van der Waals surface area contributed by atoms with Crippen molar-refractivity contribution in [3.8, 4) is 0 Å². The molecule has 4 nitrogen and oxygen atoms in total. The SMILES string of the molecule is O=S(=O)(O)c1ccc2n[c]([Hg])sc2c1. The predicted molar refractivity (Wildman–Crippen MR) is 49.1 cm³/mol. The molecular weight excluding hydrogens is 411 g/mol. The van der Waals surface area contributed by atoms with Crippen molar-refractivity contribution >= 4 is 34.2 Å². The molecule has 1 aromatic carbocycles. The molecule has 2 rings (SSSR count). The number of nitrogens with zero attached hydrogens (tertiary/aromatic N) is 1. The van der Waals surface area contributed by atoms with Gasteiger partial charge in [0.15, 0.2) is 0 Å². The number of hydrogen-bond acceptors (Lipinski definition) is 4. The van der Waals surface area contributed by atoms with E-state index in [0.717, 1.165) is 12.7 Å². The Morgan fingerprint density at radius 2 is 2.14 bits per heavy atom. The number of thiazole rings is 1. The molecule has 0 atom stereocenters. The van der Waals surface area contributed by atoms with E-state index in [-0.39, 0.29) is 4.90 Å². The predicted octanol–water partition coefficient (Wildman–Crippen LogP) is 0.715. The summed E-state index contributed by atoms with van der Waals surface area (Å²) in [6.45, 7) is 0. The molecule has 14 heavy (non-hydrogen) atoms. The molecule has 2 aromatic rings. The molecule has 0 bridgehead atoms. The summed E-state index contributed by atoms with van der Waals surface area (Å²) in [5.41, 5.74) is 0.799. The molecule has 1 aromatic heterocycles. The number of hydrogen-bond donors (Lipinski definition) is 1. The van der Waals surface area contributed by atoms with Crippen LogP contribution < -0.4 is 2.52 Å². The van der Waals surface area contributed by atoms with Crippen LogP contribution in [0.4, 0.5) is 0 Å². The van der Waals surface area contributed by atoms with Crippen molar-refractivity contribution in [3.05, 3.63) is 18.2 Å². The van der Waals surface area contributed by atoms with E-state index >= 15 is 0 Å². The van der Waals surface area contributed by atoms with Gasteiger partial charge in [-0.25, -0.2) is 0 Å². The summed E-state index contributed by atoms with van der Waals surface area (Å²) in [6.07, 6.45) is 0. The normalized spacial score (nSPS) is 12.2. The molecule has 0 saturated heterocycles. The van der Waals surface area contributed by atoms with Gasteiger partial charge >= 0.3 is 101 Å². The van der Waals surface area contributed by atoms with Crippen molar-refractivity contribution in [3.63, 3.8) is 0 Å². The molecule has 7 heteroatoms. The Balaban J connectivity index is 2.74. The average Bonchev–Trinajstić information content (AvgIpc) is 2.41. The fourth-order valence-corrected chi connectivity index (χ4v) is 4.97. The van der Waals surface area contributed by atoms with Crippen LogP contribution in [-0.2, 0) is 36.2 Å². The Bertz CT molecular complexity index is 590. The molecule has 0 unspecified atom stereocenters. The molecule has 0 fully saturated rings. The number of aromatic nitrogens is 1. The molecule has 69 valence electrons. The second-order valence-corrected chi connectivity index (χ2v) is 9.84. The van der Waals surface area contributed by atoms with Crippen molar-refractivity contribution in [2.45, 2.75) is 4.90 Å². The van der Waals surface area contributed by atoms with Crippen LogP contribution in [-0.4, -0.2) is 18.0 Å². The molecule has 1 heterocycles. The maximum atomic E-state index is 10.8. The number of rotatable bonds is 1. The van der Waals surface area contributed by atoms with E-state index in [1.54, 1.807) is 6.07 Å². The Morgan fingerprint density at radius 3 is 2.79 bits per heavy atom. The molecule has 0 amide bonds. The van der Waals surface area contributed by atoms with Gasteiger partial charge in [-0.1, -0.05) is 0 Å². The van der Waals surface area contributed by atoms with Crippen LogP contribution in [0.3, 0.4) is 0 Å². The number of benzene rings is 1. The summed E-state index contributed by atoms with van der Waals surface area (Å²) in [7, 11) is -4.09. The van der Waals surface area contributed by atoms with Crippen molar-refractivity contribution in [1.82, 2.24) is 4.98 Å². The Labute approximate surface area is 101 Å². The fourth-order valence-electron chi connectivity index (χ4n) is 1.11. The van der Waals surface area contributed by atoms with Crippen LogP contribution in [0.2, 0.25) is 0 Å². The van der Waals surface area contributed by atoms with Crippen molar-refractivity contribution < 1.29 is 39.1 Å². The van der Waals surface area contributed by atoms with Gasteiger partial charge in [-0.15, -0.1) is 0 Å². The van der Waals surface area contributed by atoms with E-state index in [4.69, 9.17) is 4.55 Å². The van der Waals surface area contributed by atoms with Gasteiger partial charge in [-0.3, -0.25) is 0 Å². The first-order valence-electron chi connectivity index (χ1n) is 3.67. The van der Waals surface area contributed by atoms with Crippen LogP contribution in [0.1, 0.15) is 0 Å².